The van der Waals surface area contributed by atoms with Crippen molar-refractivity contribution >= 4 is 0 Å². The highest BCUT2D eigenvalue weighted by molar-refractivity contribution is 5.03. The zero-order chi connectivity index (χ0) is 16.4. The lowest BCUT2D eigenvalue weighted by atomic mass is 9.56. The van der Waals surface area contributed by atoms with Crippen molar-refractivity contribution in [1.29, 1.82) is 0 Å². The lowest BCUT2D eigenvalue weighted by molar-refractivity contribution is -0.111. The van der Waals surface area contributed by atoms with Crippen LogP contribution in [0.1, 0.15) is 80.1 Å². The molecule has 1 aliphatic heterocycles. The topological polar surface area (TPSA) is 12.5 Å². The molecule has 1 saturated carbocycles. The molecule has 0 unspecified atom stereocenters. The standard InChI is InChI=1S/C20H39NO/c1-18(2,3)10-8-7-9-17-13-20(14-17)15-21(16-20)11-12-22-19(4,5)6/h17H,7-16H2,1-6H3. The van der Waals surface area contributed by atoms with Crippen LogP contribution in [0.4, 0.5) is 0 Å². The van der Waals surface area contributed by atoms with Crippen molar-refractivity contribution in [3.8, 4) is 0 Å². The molecule has 2 fully saturated rings. The fourth-order valence-electron chi connectivity index (χ4n) is 4.26. The maximum atomic E-state index is 5.83. The second-order valence-electron chi connectivity index (χ2n) is 10.3. The second-order valence-corrected chi connectivity index (χ2v) is 10.3. The van der Waals surface area contributed by atoms with Crippen molar-refractivity contribution in [3.63, 3.8) is 0 Å². The summed E-state index contributed by atoms with van der Waals surface area (Å²) in [5.41, 5.74) is 1.25. The van der Waals surface area contributed by atoms with Crippen LogP contribution >= 0.6 is 0 Å². The summed E-state index contributed by atoms with van der Waals surface area (Å²) >= 11 is 0. The van der Waals surface area contributed by atoms with Gasteiger partial charge < -0.3 is 4.74 Å². The van der Waals surface area contributed by atoms with Crippen LogP contribution in [0.15, 0.2) is 0 Å². The summed E-state index contributed by atoms with van der Waals surface area (Å²) in [5, 5.41) is 0. The Bertz CT molecular complexity index is 336. The van der Waals surface area contributed by atoms with Gasteiger partial charge >= 0.3 is 0 Å². The summed E-state index contributed by atoms with van der Waals surface area (Å²) in [4.78, 5) is 2.58. The summed E-state index contributed by atoms with van der Waals surface area (Å²) < 4.78 is 5.83. The monoisotopic (exact) mass is 309 g/mol. The van der Waals surface area contributed by atoms with E-state index in [0.717, 1.165) is 24.5 Å². The smallest absolute Gasteiger partial charge is 0.0600 e. The first-order chi connectivity index (χ1) is 10.1. The van der Waals surface area contributed by atoms with E-state index in [1.807, 2.05) is 0 Å². The fourth-order valence-corrected chi connectivity index (χ4v) is 4.26. The molecule has 1 heterocycles. The van der Waals surface area contributed by atoms with Crippen molar-refractivity contribution in [1.82, 2.24) is 4.90 Å². The average molecular weight is 310 g/mol. The van der Waals surface area contributed by atoms with Crippen LogP contribution in [0.3, 0.4) is 0 Å². The molecule has 0 amide bonds. The van der Waals surface area contributed by atoms with Gasteiger partial charge in [0.25, 0.3) is 0 Å². The van der Waals surface area contributed by atoms with Crippen molar-refractivity contribution in [2.45, 2.75) is 85.7 Å². The molecule has 1 saturated heterocycles. The lowest BCUT2D eigenvalue weighted by Gasteiger charge is -2.59. The number of ether oxygens (including phenoxy) is 1. The molecular weight excluding hydrogens is 270 g/mol. The normalized spacial score (nSPS) is 22.6. The fraction of sp³-hybridized carbons (Fsp3) is 1.00. The van der Waals surface area contributed by atoms with E-state index in [0.29, 0.717) is 5.41 Å². The van der Waals surface area contributed by atoms with Crippen LogP contribution in [-0.4, -0.2) is 36.7 Å². The SMILES string of the molecule is CC(C)(C)CCCCC1CC2(C1)CN(CCOC(C)(C)C)C2. The highest BCUT2D eigenvalue weighted by atomic mass is 16.5. The average Bonchev–Trinajstić information content (AvgIpc) is 2.23. The van der Waals surface area contributed by atoms with E-state index in [1.54, 1.807) is 0 Å². The molecular formula is C20H39NO. The molecule has 0 aromatic heterocycles. The zero-order valence-electron chi connectivity index (χ0n) is 16.0. The van der Waals surface area contributed by atoms with E-state index in [2.05, 4.69) is 46.4 Å². The van der Waals surface area contributed by atoms with E-state index >= 15 is 0 Å². The summed E-state index contributed by atoms with van der Waals surface area (Å²) in [7, 11) is 0. The third-order valence-electron chi connectivity index (χ3n) is 5.29. The quantitative estimate of drug-likeness (QED) is 0.605. The number of unbranched alkanes of at least 4 members (excludes halogenated alkanes) is 1. The molecule has 2 rings (SSSR count). The van der Waals surface area contributed by atoms with Crippen LogP contribution in [-0.2, 0) is 4.74 Å². The van der Waals surface area contributed by atoms with Crippen LogP contribution in [0.25, 0.3) is 0 Å². The summed E-state index contributed by atoms with van der Waals surface area (Å²) in [6.07, 6.45) is 8.72. The number of nitrogens with zero attached hydrogens (tertiary/aromatic N) is 1. The predicted molar refractivity (Wildman–Crippen MR) is 95.2 cm³/mol. The molecule has 2 heteroatoms. The molecule has 0 bridgehead atoms. The van der Waals surface area contributed by atoms with E-state index in [9.17, 15) is 0 Å². The highest BCUT2D eigenvalue weighted by Crippen LogP contribution is 2.53. The summed E-state index contributed by atoms with van der Waals surface area (Å²) in [6, 6.07) is 0. The molecule has 0 atom stereocenters. The van der Waals surface area contributed by atoms with Gasteiger partial charge in [0.2, 0.25) is 0 Å². The Morgan fingerprint density at radius 3 is 2.18 bits per heavy atom. The van der Waals surface area contributed by atoms with Gasteiger partial charge in [-0.25, -0.2) is 0 Å². The zero-order valence-corrected chi connectivity index (χ0v) is 16.0. The van der Waals surface area contributed by atoms with Gasteiger partial charge in [0, 0.05) is 19.6 Å². The van der Waals surface area contributed by atoms with Gasteiger partial charge in [-0.3, -0.25) is 4.90 Å². The lowest BCUT2D eigenvalue weighted by Crippen LogP contribution is -2.62. The van der Waals surface area contributed by atoms with E-state index in [4.69, 9.17) is 4.74 Å². The Hall–Kier alpha value is -0.0800. The van der Waals surface area contributed by atoms with Crippen molar-refractivity contribution < 1.29 is 4.74 Å². The third kappa shape index (κ3) is 5.85. The van der Waals surface area contributed by atoms with Gasteiger partial charge in [0.05, 0.1) is 12.2 Å². The Morgan fingerprint density at radius 1 is 1.00 bits per heavy atom. The number of hydrogen-bond acceptors (Lipinski definition) is 2. The maximum absolute atomic E-state index is 5.83. The van der Waals surface area contributed by atoms with Gasteiger partial charge in [-0.05, 0) is 56.8 Å². The van der Waals surface area contributed by atoms with E-state index in [-0.39, 0.29) is 5.60 Å². The largest absolute Gasteiger partial charge is 0.375 e. The van der Waals surface area contributed by atoms with E-state index < -0.39 is 0 Å². The summed E-state index contributed by atoms with van der Waals surface area (Å²) in [6.45, 7) is 18.2. The number of rotatable bonds is 7. The molecule has 1 aliphatic carbocycles. The molecule has 2 aliphatic rings. The minimum absolute atomic E-state index is 0.0111. The highest BCUT2D eigenvalue weighted by Gasteiger charge is 2.51. The molecule has 1 spiro atoms. The van der Waals surface area contributed by atoms with Crippen LogP contribution in [0.5, 0.6) is 0 Å². The number of hydrogen-bond donors (Lipinski definition) is 0. The molecule has 0 aromatic carbocycles. The number of likely N-dealkylation sites (tertiary alicyclic amines) is 1. The minimum Gasteiger partial charge on any atom is -0.375 e. The molecule has 0 radical (unpaired) electrons. The Morgan fingerprint density at radius 2 is 1.64 bits per heavy atom. The van der Waals surface area contributed by atoms with E-state index in [1.165, 1.54) is 51.6 Å². The molecule has 0 N–H and O–H groups in total. The van der Waals surface area contributed by atoms with Gasteiger partial charge in [-0.1, -0.05) is 40.0 Å². The third-order valence-corrected chi connectivity index (χ3v) is 5.29. The van der Waals surface area contributed by atoms with Crippen molar-refractivity contribution in [3.05, 3.63) is 0 Å². The summed E-state index contributed by atoms with van der Waals surface area (Å²) in [5.74, 6) is 1.04. The van der Waals surface area contributed by atoms with Crippen LogP contribution in [0.2, 0.25) is 0 Å². The van der Waals surface area contributed by atoms with Gasteiger partial charge in [0.1, 0.15) is 0 Å². The van der Waals surface area contributed by atoms with Crippen molar-refractivity contribution in [2.24, 2.45) is 16.7 Å². The second kappa shape index (κ2) is 6.81. The van der Waals surface area contributed by atoms with Crippen molar-refractivity contribution in [2.75, 3.05) is 26.2 Å². The van der Waals surface area contributed by atoms with Crippen LogP contribution in [0, 0.1) is 16.7 Å². The Balaban J connectivity index is 1.48. The Labute approximate surface area is 139 Å². The maximum Gasteiger partial charge on any atom is 0.0600 e. The van der Waals surface area contributed by atoms with Gasteiger partial charge in [-0.15, -0.1) is 0 Å². The minimum atomic E-state index is 0.0111. The first kappa shape index (κ1) is 18.3. The van der Waals surface area contributed by atoms with Gasteiger partial charge in [0.15, 0.2) is 0 Å². The van der Waals surface area contributed by atoms with Gasteiger partial charge in [-0.2, -0.15) is 0 Å². The molecule has 130 valence electrons. The first-order valence-electron chi connectivity index (χ1n) is 9.43. The molecule has 22 heavy (non-hydrogen) atoms. The van der Waals surface area contributed by atoms with Crippen LogP contribution < -0.4 is 0 Å². The Kier molecular flexibility index (Phi) is 5.65. The first-order valence-corrected chi connectivity index (χ1v) is 9.43. The molecule has 2 nitrogen and oxygen atoms in total. The predicted octanol–water partition coefficient (Wildman–Crippen LogP) is 5.12. The molecule has 0 aromatic rings.